The Bertz CT molecular complexity index is 929. The molecule has 0 spiro atoms. The Labute approximate surface area is 161 Å². The molecule has 0 unspecified atom stereocenters. The molecule has 0 radical (unpaired) electrons. The third-order valence-corrected chi connectivity index (χ3v) is 4.99. The zero-order valence-corrected chi connectivity index (χ0v) is 15.4. The largest absolute Gasteiger partial charge is 0.346 e. The summed E-state index contributed by atoms with van der Waals surface area (Å²) in [5, 5.41) is 16.5. The lowest BCUT2D eigenvalue weighted by molar-refractivity contribution is 0.0895. The van der Waals surface area contributed by atoms with Gasteiger partial charge in [-0.3, -0.25) is 9.78 Å². The molecule has 27 heavy (non-hydrogen) atoms. The van der Waals surface area contributed by atoms with Crippen LogP contribution in [0.15, 0.2) is 48.7 Å². The first-order chi connectivity index (χ1) is 13.2. The van der Waals surface area contributed by atoms with E-state index in [1.165, 1.54) is 6.20 Å². The van der Waals surface area contributed by atoms with E-state index < -0.39 is 0 Å². The fourth-order valence-corrected chi connectivity index (χ4v) is 3.56. The molecule has 8 heteroatoms. The molecule has 2 atom stereocenters. The molecule has 1 N–H and O–H groups in total. The molecule has 1 fully saturated rings. The van der Waals surface area contributed by atoms with Gasteiger partial charge in [0, 0.05) is 16.8 Å². The quantitative estimate of drug-likeness (QED) is 0.748. The molecule has 2 aromatic heterocycles. The minimum absolute atomic E-state index is 0.0353. The van der Waals surface area contributed by atoms with Crippen molar-refractivity contribution in [3.05, 3.63) is 59.4 Å². The van der Waals surface area contributed by atoms with Crippen LogP contribution in [0.4, 0.5) is 0 Å². The summed E-state index contributed by atoms with van der Waals surface area (Å²) in [4.78, 5) is 18.3. The van der Waals surface area contributed by atoms with Gasteiger partial charge in [-0.05, 0) is 30.2 Å². The second-order valence-corrected chi connectivity index (χ2v) is 7.03. The van der Waals surface area contributed by atoms with E-state index in [1.807, 2.05) is 30.3 Å². The van der Waals surface area contributed by atoms with Crippen LogP contribution in [0.3, 0.4) is 0 Å². The molecular formula is C19H19ClN6O. The van der Waals surface area contributed by atoms with Crippen molar-refractivity contribution in [2.75, 3.05) is 0 Å². The van der Waals surface area contributed by atoms with E-state index in [9.17, 15) is 4.79 Å². The zero-order chi connectivity index (χ0) is 18.6. The van der Waals surface area contributed by atoms with E-state index in [-0.39, 0.29) is 18.0 Å². The number of hydrogen-bond donors (Lipinski definition) is 1. The number of carbonyl (C=O) groups is 1. The van der Waals surface area contributed by atoms with Gasteiger partial charge in [-0.1, -0.05) is 54.8 Å². The Morgan fingerprint density at radius 1 is 1.15 bits per heavy atom. The van der Waals surface area contributed by atoms with Crippen LogP contribution in [0.1, 0.15) is 42.2 Å². The molecule has 2 heterocycles. The zero-order valence-electron chi connectivity index (χ0n) is 14.6. The van der Waals surface area contributed by atoms with Crippen LogP contribution in [0.25, 0.3) is 11.4 Å². The van der Waals surface area contributed by atoms with Gasteiger partial charge in [-0.15, -0.1) is 10.2 Å². The number of carbonyl (C=O) groups excluding carboxylic acids is 1. The van der Waals surface area contributed by atoms with E-state index in [4.69, 9.17) is 11.6 Å². The molecular weight excluding hydrogens is 364 g/mol. The van der Waals surface area contributed by atoms with E-state index in [0.29, 0.717) is 16.5 Å². The summed E-state index contributed by atoms with van der Waals surface area (Å²) >= 11 is 5.96. The number of amides is 1. The van der Waals surface area contributed by atoms with Crippen LogP contribution in [-0.2, 0) is 0 Å². The molecule has 1 saturated carbocycles. The van der Waals surface area contributed by atoms with Crippen molar-refractivity contribution in [1.82, 2.24) is 30.5 Å². The molecule has 1 aliphatic rings. The molecule has 0 aliphatic heterocycles. The smallest absolute Gasteiger partial charge is 0.270 e. The van der Waals surface area contributed by atoms with E-state index >= 15 is 0 Å². The Morgan fingerprint density at radius 3 is 2.78 bits per heavy atom. The predicted octanol–water partition coefficient (Wildman–Crippen LogP) is 3.30. The summed E-state index contributed by atoms with van der Waals surface area (Å²) in [7, 11) is 0. The highest BCUT2D eigenvalue weighted by atomic mass is 35.5. The van der Waals surface area contributed by atoms with Gasteiger partial charge in [0.15, 0.2) is 0 Å². The lowest BCUT2D eigenvalue weighted by Crippen LogP contribution is -2.44. The molecule has 138 valence electrons. The number of nitrogens with one attached hydrogen (secondary N) is 1. The van der Waals surface area contributed by atoms with E-state index in [0.717, 1.165) is 31.2 Å². The predicted molar refractivity (Wildman–Crippen MR) is 101 cm³/mol. The molecule has 0 saturated heterocycles. The maximum Gasteiger partial charge on any atom is 0.270 e. The van der Waals surface area contributed by atoms with Crippen molar-refractivity contribution in [2.45, 2.75) is 37.8 Å². The minimum Gasteiger partial charge on any atom is -0.346 e. The van der Waals surface area contributed by atoms with Crippen molar-refractivity contribution in [3.8, 4) is 11.4 Å². The maximum atomic E-state index is 12.6. The number of rotatable bonds is 4. The minimum atomic E-state index is -0.238. The molecule has 0 bridgehead atoms. The molecule has 7 nitrogen and oxygen atoms in total. The number of nitrogens with zero attached hydrogens (tertiary/aromatic N) is 5. The molecule has 4 rings (SSSR count). The van der Waals surface area contributed by atoms with Crippen LogP contribution >= 0.6 is 11.6 Å². The monoisotopic (exact) mass is 382 g/mol. The highest BCUT2D eigenvalue weighted by Gasteiger charge is 2.30. The summed E-state index contributed by atoms with van der Waals surface area (Å²) in [6.07, 6.45) is 5.39. The van der Waals surface area contributed by atoms with E-state index in [1.54, 1.807) is 16.9 Å². The third kappa shape index (κ3) is 3.98. The van der Waals surface area contributed by atoms with Gasteiger partial charge >= 0.3 is 0 Å². The van der Waals surface area contributed by atoms with Crippen LogP contribution in [0, 0.1) is 0 Å². The molecule has 3 aromatic rings. The summed E-state index contributed by atoms with van der Waals surface area (Å²) in [5.41, 5.74) is 1.23. The normalized spacial score (nSPS) is 19.6. The first-order valence-corrected chi connectivity index (χ1v) is 9.36. The van der Waals surface area contributed by atoms with Crippen molar-refractivity contribution in [1.29, 1.82) is 0 Å². The standard InChI is InChI=1S/C19H19ClN6O/c20-14-10-11-21-16(12-14)19(27)22-15-8-4-5-9-17(15)26-24-18(23-25-26)13-6-2-1-3-7-13/h1-3,6-7,10-12,15,17H,4-5,8-9H2,(H,22,27)/t15-,17-/m0/s1. The third-order valence-electron chi connectivity index (χ3n) is 4.76. The summed E-state index contributed by atoms with van der Waals surface area (Å²) < 4.78 is 0. The number of halogens is 1. The second kappa shape index (κ2) is 7.84. The van der Waals surface area contributed by atoms with Gasteiger partial charge in [-0.2, -0.15) is 4.80 Å². The molecule has 1 aliphatic carbocycles. The number of tetrazole rings is 1. The van der Waals surface area contributed by atoms with Crippen LogP contribution in [0.2, 0.25) is 5.02 Å². The van der Waals surface area contributed by atoms with Crippen molar-refractivity contribution in [3.63, 3.8) is 0 Å². The van der Waals surface area contributed by atoms with Gasteiger partial charge in [0.1, 0.15) is 5.69 Å². The lowest BCUT2D eigenvalue weighted by Gasteiger charge is -2.30. The summed E-state index contributed by atoms with van der Waals surface area (Å²) in [6.45, 7) is 0. The van der Waals surface area contributed by atoms with Gasteiger partial charge in [0.25, 0.3) is 5.91 Å². The van der Waals surface area contributed by atoms with Gasteiger partial charge in [0.05, 0.1) is 12.1 Å². The SMILES string of the molecule is O=C(N[C@H]1CCCC[C@@H]1n1nnc(-c2ccccc2)n1)c1cc(Cl)ccn1. The lowest BCUT2D eigenvalue weighted by atomic mass is 9.90. The first kappa shape index (κ1) is 17.6. The van der Waals surface area contributed by atoms with E-state index in [2.05, 4.69) is 25.7 Å². The maximum absolute atomic E-state index is 12.6. The highest BCUT2D eigenvalue weighted by molar-refractivity contribution is 6.30. The average molecular weight is 383 g/mol. The number of benzene rings is 1. The summed E-state index contributed by atoms with van der Waals surface area (Å²) in [5.74, 6) is 0.348. The van der Waals surface area contributed by atoms with Crippen LogP contribution < -0.4 is 5.32 Å². The van der Waals surface area contributed by atoms with Gasteiger partial charge in [-0.25, -0.2) is 0 Å². The molecule has 1 amide bonds. The Balaban J connectivity index is 1.53. The fourth-order valence-electron chi connectivity index (χ4n) is 3.40. The van der Waals surface area contributed by atoms with Crippen molar-refractivity contribution >= 4 is 17.5 Å². The van der Waals surface area contributed by atoms with Crippen molar-refractivity contribution in [2.24, 2.45) is 0 Å². The van der Waals surface area contributed by atoms with Gasteiger partial charge in [0.2, 0.25) is 5.82 Å². The fraction of sp³-hybridized carbons (Fsp3) is 0.316. The second-order valence-electron chi connectivity index (χ2n) is 6.59. The van der Waals surface area contributed by atoms with Crippen molar-refractivity contribution < 1.29 is 4.79 Å². The molecule has 1 aromatic carbocycles. The average Bonchev–Trinajstić information content (AvgIpc) is 3.19. The van der Waals surface area contributed by atoms with Crippen LogP contribution in [0.5, 0.6) is 0 Å². The Hall–Kier alpha value is -2.80. The summed E-state index contributed by atoms with van der Waals surface area (Å²) in [6, 6.07) is 12.8. The van der Waals surface area contributed by atoms with Crippen LogP contribution in [-0.4, -0.2) is 37.1 Å². The number of pyridine rings is 1. The first-order valence-electron chi connectivity index (χ1n) is 8.98. The Morgan fingerprint density at radius 2 is 1.96 bits per heavy atom. The topological polar surface area (TPSA) is 85.6 Å². The highest BCUT2D eigenvalue weighted by Crippen LogP contribution is 2.28. The number of hydrogen-bond acceptors (Lipinski definition) is 5. The Kier molecular flexibility index (Phi) is 5.11. The van der Waals surface area contributed by atoms with Gasteiger partial charge < -0.3 is 5.32 Å². The number of aromatic nitrogens is 5.